The van der Waals surface area contributed by atoms with Gasteiger partial charge in [-0.3, -0.25) is 14.4 Å². The van der Waals surface area contributed by atoms with Crippen molar-refractivity contribution in [1.82, 2.24) is 10.2 Å². The fourth-order valence-corrected chi connectivity index (χ4v) is 4.74. The van der Waals surface area contributed by atoms with Gasteiger partial charge in [0, 0.05) is 23.7 Å². The maximum absolute atomic E-state index is 14.3. The quantitative estimate of drug-likeness (QED) is 0.555. The SMILES string of the molecule is O=C(NC1CCN2C(=O)c3cc(-c4ccccc4F)ccc3NC(=O)C2C1)c1ccc(F)c(Cl)c1. The van der Waals surface area contributed by atoms with Crippen LogP contribution in [-0.2, 0) is 4.79 Å². The second kappa shape index (κ2) is 9.11. The molecule has 3 aromatic carbocycles. The fraction of sp³-hybridized carbons (Fsp3) is 0.192. The van der Waals surface area contributed by atoms with E-state index < -0.39 is 23.6 Å². The summed E-state index contributed by atoms with van der Waals surface area (Å²) in [6, 6.07) is 13.6. The molecule has 2 atom stereocenters. The molecule has 0 aliphatic carbocycles. The van der Waals surface area contributed by atoms with E-state index in [9.17, 15) is 23.2 Å². The summed E-state index contributed by atoms with van der Waals surface area (Å²) in [6.07, 6.45) is 0.644. The smallest absolute Gasteiger partial charge is 0.256 e. The Morgan fingerprint density at radius 3 is 2.57 bits per heavy atom. The lowest BCUT2D eigenvalue weighted by Gasteiger charge is -2.37. The van der Waals surface area contributed by atoms with Crippen LogP contribution in [0.3, 0.4) is 0 Å². The lowest BCUT2D eigenvalue weighted by molar-refractivity contribution is -0.121. The van der Waals surface area contributed by atoms with Gasteiger partial charge in [-0.25, -0.2) is 8.78 Å². The van der Waals surface area contributed by atoms with E-state index in [4.69, 9.17) is 11.6 Å². The summed E-state index contributed by atoms with van der Waals surface area (Å²) in [5.41, 5.74) is 1.73. The zero-order valence-corrected chi connectivity index (χ0v) is 19.1. The molecule has 3 aromatic rings. The monoisotopic (exact) mass is 495 g/mol. The molecule has 5 rings (SSSR count). The molecule has 2 aliphatic rings. The van der Waals surface area contributed by atoms with Gasteiger partial charge in [0.15, 0.2) is 0 Å². The largest absolute Gasteiger partial charge is 0.349 e. The van der Waals surface area contributed by atoms with Gasteiger partial charge < -0.3 is 15.5 Å². The zero-order valence-electron chi connectivity index (χ0n) is 18.4. The number of nitrogens with zero attached hydrogens (tertiary/aromatic N) is 1. The van der Waals surface area contributed by atoms with E-state index in [2.05, 4.69) is 10.6 Å². The third-order valence-corrected chi connectivity index (χ3v) is 6.67. The summed E-state index contributed by atoms with van der Waals surface area (Å²) in [5.74, 6) is -2.17. The predicted octanol–water partition coefficient (Wildman–Crippen LogP) is 4.64. The van der Waals surface area contributed by atoms with Gasteiger partial charge in [0.05, 0.1) is 16.3 Å². The van der Waals surface area contributed by atoms with Crippen LogP contribution in [0.2, 0.25) is 5.02 Å². The minimum atomic E-state index is -0.789. The van der Waals surface area contributed by atoms with Crippen LogP contribution >= 0.6 is 11.6 Å². The Balaban J connectivity index is 1.36. The number of fused-ring (bicyclic) bond motifs is 2. The number of nitrogens with one attached hydrogen (secondary N) is 2. The number of hydrogen-bond acceptors (Lipinski definition) is 3. The van der Waals surface area contributed by atoms with Crippen LogP contribution < -0.4 is 10.6 Å². The highest BCUT2D eigenvalue weighted by atomic mass is 35.5. The van der Waals surface area contributed by atoms with Crippen molar-refractivity contribution in [2.45, 2.75) is 24.9 Å². The highest BCUT2D eigenvalue weighted by Crippen LogP contribution is 2.32. The molecule has 2 heterocycles. The Kier molecular flexibility index (Phi) is 5.98. The first-order valence-corrected chi connectivity index (χ1v) is 11.5. The van der Waals surface area contributed by atoms with Crippen molar-refractivity contribution in [1.29, 1.82) is 0 Å². The van der Waals surface area contributed by atoms with Crippen molar-refractivity contribution in [3.8, 4) is 11.1 Å². The number of piperidine rings is 1. The second-order valence-electron chi connectivity index (χ2n) is 8.57. The lowest BCUT2D eigenvalue weighted by Crippen LogP contribution is -2.55. The molecule has 6 nitrogen and oxygen atoms in total. The number of benzene rings is 3. The van der Waals surface area contributed by atoms with Crippen molar-refractivity contribution in [3.05, 3.63) is 88.4 Å². The van der Waals surface area contributed by atoms with Gasteiger partial charge in [-0.15, -0.1) is 0 Å². The van der Waals surface area contributed by atoms with E-state index in [1.54, 1.807) is 36.4 Å². The Hall–Kier alpha value is -3.78. The Labute approximate surface area is 204 Å². The zero-order chi connectivity index (χ0) is 24.7. The highest BCUT2D eigenvalue weighted by molar-refractivity contribution is 6.31. The first-order valence-electron chi connectivity index (χ1n) is 11.1. The van der Waals surface area contributed by atoms with Crippen LogP contribution in [0.5, 0.6) is 0 Å². The summed E-state index contributed by atoms with van der Waals surface area (Å²) >= 11 is 5.78. The molecular weight excluding hydrogens is 476 g/mol. The molecule has 0 saturated carbocycles. The second-order valence-corrected chi connectivity index (χ2v) is 8.97. The van der Waals surface area contributed by atoms with Crippen LogP contribution in [0.15, 0.2) is 60.7 Å². The normalized spacial score (nSPS) is 19.3. The van der Waals surface area contributed by atoms with Crippen molar-refractivity contribution < 1.29 is 23.2 Å². The number of carbonyl (C=O) groups is 3. The topological polar surface area (TPSA) is 78.5 Å². The molecule has 2 unspecified atom stereocenters. The van der Waals surface area contributed by atoms with Crippen LogP contribution in [0.1, 0.15) is 33.6 Å². The number of rotatable bonds is 3. The summed E-state index contributed by atoms with van der Waals surface area (Å²) in [6.45, 7) is 0.245. The highest BCUT2D eigenvalue weighted by Gasteiger charge is 2.40. The van der Waals surface area contributed by atoms with Crippen molar-refractivity contribution in [2.24, 2.45) is 0 Å². The van der Waals surface area contributed by atoms with Gasteiger partial charge in [-0.2, -0.15) is 0 Å². The predicted molar refractivity (Wildman–Crippen MR) is 127 cm³/mol. The maximum atomic E-state index is 14.3. The molecule has 0 radical (unpaired) electrons. The van der Waals surface area contributed by atoms with E-state index in [0.717, 1.165) is 6.07 Å². The van der Waals surface area contributed by atoms with Crippen molar-refractivity contribution >= 4 is 35.0 Å². The first-order chi connectivity index (χ1) is 16.8. The minimum absolute atomic E-state index is 0.159. The fourth-order valence-electron chi connectivity index (χ4n) is 4.56. The third kappa shape index (κ3) is 4.37. The molecule has 9 heteroatoms. The number of halogens is 3. The molecule has 35 heavy (non-hydrogen) atoms. The maximum Gasteiger partial charge on any atom is 0.256 e. The summed E-state index contributed by atoms with van der Waals surface area (Å²) < 4.78 is 27.7. The molecule has 3 amide bonds. The number of anilines is 1. The molecule has 0 bridgehead atoms. The standard InChI is InChI=1S/C26H20ClF2N3O3/c27-19-12-15(5-7-21(19)29)24(33)30-16-9-10-32-23(13-16)25(34)31-22-8-6-14(11-18(22)26(32)35)17-3-1-2-4-20(17)28/h1-8,11-12,16,23H,9-10,13H2,(H,30,33)(H,31,34). The van der Waals surface area contributed by atoms with E-state index in [0.29, 0.717) is 23.2 Å². The summed E-state index contributed by atoms with van der Waals surface area (Å²) in [5, 5.41) is 5.49. The van der Waals surface area contributed by atoms with Gasteiger partial charge in [0.1, 0.15) is 17.7 Å². The van der Waals surface area contributed by atoms with Crippen LogP contribution in [0.25, 0.3) is 11.1 Å². The number of amides is 3. The molecule has 2 aliphatic heterocycles. The number of carbonyl (C=O) groups excluding carboxylic acids is 3. The third-order valence-electron chi connectivity index (χ3n) is 6.38. The van der Waals surface area contributed by atoms with Crippen molar-refractivity contribution in [3.63, 3.8) is 0 Å². The average Bonchev–Trinajstić information content (AvgIpc) is 2.95. The van der Waals surface area contributed by atoms with E-state index in [1.165, 1.54) is 23.1 Å². The van der Waals surface area contributed by atoms with E-state index >= 15 is 0 Å². The lowest BCUT2D eigenvalue weighted by atomic mass is 9.95. The summed E-state index contributed by atoms with van der Waals surface area (Å²) in [7, 11) is 0. The molecule has 2 N–H and O–H groups in total. The Bertz CT molecular complexity index is 1360. The molecule has 0 aromatic heterocycles. The van der Waals surface area contributed by atoms with Gasteiger partial charge in [0.25, 0.3) is 11.8 Å². The molecule has 1 fully saturated rings. The molecule has 178 valence electrons. The van der Waals surface area contributed by atoms with Crippen LogP contribution in [0.4, 0.5) is 14.5 Å². The molecule has 0 spiro atoms. The van der Waals surface area contributed by atoms with E-state index in [-0.39, 0.29) is 47.0 Å². The first kappa shape index (κ1) is 23.0. The van der Waals surface area contributed by atoms with Crippen LogP contribution in [-0.4, -0.2) is 41.2 Å². The van der Waals surface area contributed by atoms with Crippen molar-refractivity contribution in [2.75, 3.05) is 11.9 Å². The number of hydrogen-bond donors (Lipinski definition) is 2. The Morgan fingerprint density at radius 2 is 1.80 bits per heavy atom. The molecular formula is C26H20ClF2N3O3. The minimum Gasteiger partial charge on any atom is -0.349 e. The van der Waals surface area contributed by atoms with Gasteiger partial charge in [0.2, 0.25) is 5.91 Å². The van der Waals surface area contributed by atoms with Gasteiger partial charge >= 0.3 is 0 Å². The van der Waals surface area contributed by atoms with Crippen LogP contribution in [0, 0.1) is 11.6 Å². The van der Waals surface area contributed by atoms with Gasteiger partial charge in [-0.1, -0.05) is 35.9 Å². The Morgan fingerprint density at radius 1 is 1.00 bits per heavy atom. The molecule has 1 saturated heterocycles. The van der Waals surface area contributed by atoms with E-state index in [1.807, 2.05) is 0 Å². The average molecular weight is 496 g/mol. The summed E-state index contributed by atoms with van der Waals surface area (Å²) in [4.78, 5) is 40.5. The van der Waals surface area contributed by atoms with Gasteiger partial charge in [-0.05, 0) is 54.8 Å².